The Kier molecular flexibility index (Phi) is 5.82. The number of nitrogens with one attached hydrogen (secondary N) is 1. The number of rotatable bonds is 5. The van der Waals surface area contributed by atoms with E-state index in [-0.39, 0.29) is 5.69 Å². The summed E-state index contributed by atoms with van der Waals surface area (Å²) in [4.78, 5) is 13.1. The highest BCUT2D eigenvalue weighted by molar-refractivity contribution is 7.92. The minimum absolute atomic E-state index is 0.160. The van der Waals surface area contributed by atoms with Gasteiger partial charge in [-0.15, -0.1) is 0 Å². The van der Waals surface area contributed by atoms with Crippen molar-refractivity contribution in [2.24, 2.45) is 0 Å². The van der Waals surface area contributed by atoms with Crippen molar-refractivity contribution >= 4 is 38.1 Å². The molecule has 186 valence electrons. The van der Waals surface area contributed by atoms with Crippen LogP contribution in [0, 0.1) is 0 Å². The van der Waals surface area contributed by atoms with Crippen molar-refractivity contribution in [1.29, 1.82) is 0 Å². The van der Waals surface area contributed by atoms with E-state index in [1.807, 2.05) is 13.0 Å². The maximum Gasteiger partial charge on any atom is 0.418 e. The monoisotopic (exact) mass is 513 g/mol. The van der Waals surface area contributed by atoms with E-state index in [0.29, 0.717) is 53.2 Å². The van der Waals surface area contributed by atoms with Crippen molar-refractivity contribution in [2.45, 2.75) is 25.9 Å². The van der Waals surface area contributed by atoms with Crippen molar-refractivity contribution in [2.75, 3.05) is 22.4 Å². The Bertz CT molecular complexity index is 1590. The van der Waals surface area contributed by atoms with E-state index < -0.39 is 21.8 Å². The standard InChI is InChI=1S/C25H22F3N5O2S/c1-3-22-31-20-14-16(23-19(25(26,27)28)5-4-11-29-23)6-8-18(20)24(32-22)30-17-7-9-21-15(13-17)10-12-33(21)36(2,34)35/h4-9,11,13-14H,3,10,12H2,1-2H3,(H,30,31,32). The molecule has 0 saturated carbocycles. The summed E-state index contributed by atoms with van der Waals surface area (Å²) in [5, 5.41) is 3.92. The highest BCUT2D eigenvalue weighted by Crippen LogP contribution is 2.37. The van der Waals surface area contributed by atoms with Gasteiger partial charge < -0.3 is 5.32 Å². The average molecular weight is 514 g/mol. The first-order valence-corrected chi connectivity index (χ1v) is 13.1. The molecule has 1 aliphatic heterocycles. The summed E-state index contributed by atoms with van der Waals surface area (Å²) in [6.07, 6.45) is -0.897. The Morgan fingerprint density at radius 2 is 1.89 bits per heavy atom. The first-order chi connectivity index (χ1) is 17.0. The number of aromatic nitrogens is 3. The summed E-state index contributed by atoms with van der Waals surface area (Å²) in [5.74, 6) is 1.04. The summed E-state index contributed by atoms with van der Waals surface area (Å²) in [6.45, 7) is 2.29. The van der Waals surface area contributed by atoms with Gasteiger partial charge in [0.25, 0.3) is 0 Å². The molecule has 0 fully saturated rings. The van der Waals surface area contributed by atoms with E-state index in [1.165, 1.54) is 22.8 Å². The van der Waals surface area contributed by atoms with Gasteiger partial charge in [-0.3, -0.25) is 9.29 Å². The third-order valence-electron chi connectivity index (χ3n) is 6.04. The van der Waals surface area contributed by atoms with Gasteiger partial charge in [-0.05, 0) is 54.4 Å². The quantitative estimate of drug-likeness (QED) is 0.388. The van der Waals surface area contributed by atoms with Crippen molar-refractivity contribution in [3.63, 3.8) is 0 Å². The number of anilines is 3. The fourth-order valence-corrected chi connectivity index (χ4v) is 5.33. The van der Waals surface area contributed by atoms with Crippen LogP contribution >= 0.6 is 0 Å². The summed E-state index contributed by atoms with van der Waals surface area (Å²) < 4.78 is 66.1. The molecule has 0 radical (unpaired) electrons. The molecule has 0 unspecified atom stereocenters. The summed E-state index contributed by atoms with van der Waals surface area (Å²) >= 11 is 0. The van der Waals surface area contributed by atoms with Gasteiger partial charge in [-0.2, -0.15) is 13.2 Å². The van der Waals surface area contributed by atoms with Gasteiger partial charge in [0, 0.05) is 35.8 Å². The van der Waals surface area contributed by atoms with Gasteiger partial charge in [0.05, 0.1) is 28.7 Å². The van der Waals surface area contributed by atoms with E-state index in [9.17, 15) is 21.6 Å². The second-order valence-corrected chi connectivity index (χ2v) is 10.4. The predicted molar refractivity (Wildman–Crippen MR) is 133 cm³/mol. The lowest BCUT2D eigenvalue weighted by Crippen LogP contribution is -2.27. The molecule has 0 atom stereocenters. The van der Waals surface area contributed by atoms with Crippen LogP contribution < -0.4 is 9.62 Å². The molecule has 1 aliphatic rings. The molecule has 0 aliphatic carbocycles. The van der Waals surface area contributed by atoms with Crippen molar-refractivity contribution in [1.82, 2.24) is 15.0 Å². The second kappa shape index (κ2) is 8.74. The molecule has 4 aromatic rings. The minimum atomic E-state index is -4.54. The van der Waals surface area contributed by atoms with Crippen molar-refractivity contribution in [3.8, 4) is 11.3 Å². The fourth-order valence-electron chi connectivity index (χ4n) is 4.37. The van der Waals surface area contributed by atoms with E-state index in [2.05, 4.69) is 20.3 Å². The van der Waals surface area contributed by atoms with E-state index >= 15 is 0 Å². The molecular formula is C25H22F3N5O2S. The van der Waals surface area contributed by atoms with E-state index in [4.69, 9.17) is 0 Å². The Hall–Kier alpha value is -3.73. The number of nitrogens with zero attached hydrogens (tertiary/aromatic N) is 4. The third kappa shape index (κ3) is 4.46. The SMILES string of the molecule is CCc1nc(Nc2ccc3c(c2)CCN3S(C)(=O)=O)c2ccc(-c3ncccc3C(F)(F)F)cc2n1. The number of halogens is 3. The van der Waals surface area contributed by atoms with Crippen LogP contribution in [0.1, 0.15) is 23.9 Å². The summed E-state index contributed by atoms with van der Waals surface area (Å²) in [6, 6.07) is 12.5. The van der Waals surface area contributed by atoms with Crippen LogP contribution in [0.4, 0.5) is 30.4 Å². The molecular weight excluding hydrogens is 491 g/mol. The fraction of sp³-hybridized carbons (Fsp3) is 0.240. The number of fused-ring (bicyclic) bond motifs is 2. The Balaban J connectivity index is 1.55. The maximum atomic E-state index is 13.5. The van der Waals surface area contributed by atoms with Crippen LogP contribution in [-0.4, -0.2) is 36.2 Å². The van der Waals surface area contributed by atoms with Crippen molar-refractivity contribution < 1.29 is 21.6 Å². The number of hydrogen-bond acceptors (Lipinski definition) is 6. The lowest BCUT2D eigenvalue weighted by molar-refractivity contribution is -0.137. The molecule has 2 aromatic heterocycles. The Morgan fingerprint density at radius 3 is 2.61 bits per heavy atom. The summed E-state index contributed by atoms with van der Waals surface area (Å²) in [5.41, 5.74) is 2.10. The first kappa shape index (κ1) is 24.0. The molecule has 1 N–H and O–H groups in total. The number of hydrogen-bond donors (Lipinski definition) is 1. The highest BCUT2D eigenvalue weighted by atomic mass is 32.2. The summed E-state index contributed by atoms with van der Waals surface area (Å²) in [7, 11) is -3.35. The van der Waals surface area contributed by atoms with Crippen molar-refractivity contribution in [3.05, 3.63) is 71.7 Å². The number of alkyl halides is 3. The highest BCUT2D eigenvalue weighted by Gasteiger charge is 2.34. The second-order valence-electron chi connectivity index (χ2n) is 8.52. The molecule has 2 aromatic carbocycles. The topological polar surface area (TPSA) is 88.1 Å². The van der Waals surface area contributed by atoms with E-state index in [1.54, 1.807) is 30.3 Å². The number of benzene rings is 2. The van der Waals surface area contributed by atoms with Gasteiger partial charge in [-0.25, -0.2) is 18.4 Å². The predicted octanol–water partition coefficient (Wildman–Crippen LogP) is 5.34. The number of pyridine rings is 1. The van der Waals surface area contributed by atoms with Crippen LogP contribution in [0.2, 0.25) is 0 Å². The zero-order valence-corrected chi connectivity index (χ0v) is 20.3. The first-order valence-electron chi connectivity index (χ1n) is 11.3. The molecule has 0 bridgehead atoms. The molecule has 36 heavy (non-hydrogen) atoms. The molecule has 0 saturated heterocycles. The van der Waals surface area contributed by atoms with Crippen LogP contribution in [0.25, 0.3) is 22.2 Å². The van der Waals surface area contributed by atoms with Gasteiger partial charge in [0.1, 0.15) is 11.6 Å². The number of aryl methyl sites for hydroxylation is 1. The van der Waals surface area contributed by atoms with Gasteiger partial charge in [0.2, 0.25) is 10.0 Å². The van der Waals surface area contributed by atoms with E-state index in [0.717, 1.165) is 17.3 Å². The van der Waals surface area contributed by atoms with Crippen LogP contribution in [0.15, 0.2) is 54.7 Å². The Morgan fingerprint density at radius 1 is 1.08 bits per heavy atom. The van der Waals surface area contributed by atoms with Gasteiger partial charge in [0.15, 0.2) is 0 Å². The van der Waals surface area contributed by atoms with Crippen LogP contribution in [0.3, 0.4) is 0 Å². The average Bonchev–Trinajstić information content (AvgIpc) is 3.27. The molecule has 11 heteroatoms. The minimum Gasteiger partial charge on any atom is -0.340 e. The molecule has 5 rings (SSSR count). The molecule has 0 amide bonds. The third-order valence-corrected chi connectivity index (χ3v) is 7.22. The smallest absolute Gasteiger partial charge is 0.340 e. The zero-order chi connectivity index (χ0) is 25.7. The van der Waals surface area contributed by atoms with Crippen LogP contribution in [0.5, 0.6) is 0 Å². The largest absolute Gasteiger partial charge is 0.418 e. The lowest BCUT2D eigenvalue weighted by Gasteiger charge is -2.17. The van der Waals surface area contributed by atoms with Crippen LogP contribution in [-0.2, 0) is 29.0 Å². The maximum absolute atomic E-state index is 13.5. The van der Waals surface area contributed by atoms with Gasteiger partial charge >= 0.3 is 6.18 Å². The molecule has 3 heterocycles. The Labute approximate surface area is 206 Å². The molecule has 0 spiro atoms. The number of sulfonamides is 1. The normalized spacial score (nSPS) is 13.8. The van der Waals surface area contributed by atoms with Gasteiger partial charge in [-0.1, -0.05) is 13.0 Å². The zero-order valence-electron chi connectivity index (χ0n) is 19.5. The lowest BCUT2D eigenvalue weighted by atomic mass is 10.0. The molecule has 7 nitrogen and oxygen atoms in total.